The number of rotatable bonds is 6. The standard InChI is InChI=1S/C28H38N4O2/c1-2-4-27(34-18-22-8-13-33-14-9-22)26(3-1)23-6-11-31(12-7-23)24-5-10-28(15-24)19-32(20-28)25-16-29-21-30-17-25/h1-4,16-17,21-24H,5-15,18-20H2. The second-order valence-electron chi connectivity index (χ2n) is 11.1. The Labute approximate surface area is 203 Å². The SMILES string of the molecule is c1ccc(C2CCN(C3CCC4(C3)CN(c3cncnc3)C4)CC2)c(OCC2CCOCC2)c1. The number of likely N-dealkylation sites (tertiary alicyclic amines) is 1. The average molecular weight is 463 g/mol. The molecule has 0 amide bonds. The van der Waals surface area contributed by atoms with Crippen molar-refractivity contribution in [2.75, 3.05) is 50.9 Å². The fraction of sp³-hybridized carbons (Fsp3) is 0.643. The zero-order chi connectivity index (χ0) is 22.8. The van der Waals surface area contributed by atoms with Crippen LogP contribution in [0.5, 0.6) is 5.75 Å². The lowest BCUT2D eigenvalue weighted by Crippen LogP contribution is -2.56. The van der Waals surface area contributed by atoms with E-state index in [1.165, 1.54) is 69.5 Å². The highest BCUT2D eigenvalue weighted by molar-refractivity contribution is 5.46. The topological polar surface area (TPSA) is 50.7 Å². The molecular weight excluding hydrogens is 424 g/mol. The fourth-order valence-corrected chi connectivity index (χ4v) is 6.82. The van der Waals surface area contributed by atoms with E-state index in [4.69, 9.17) is 9.47 Å². The van der Waals surface area contributed by atoms with Gasteiger partial charge >= 0.3 is 0 Å². The van der Waals surface area contributed by atoms with Crippen LogP contribution in [0, 0.1) is 11.3 Å². The van der Waals surface area contributed by atoms with Gasteiger partial charge in [-0.2, -0.15) is 0 Å². The van der Waals surface area contributed by atoms with E-state index in [9.17, 15) is 0 Å². The summed E-state index contributed by atoms with van der Waals surface area (Å²) in [5, 5.41) is 0. The molecule has 0 radical (unpaired) electrons. The lowest BCUT2D eigenvalue weighted by atomic mass is 9.77. The summed E-state index contributed by atoms with van der Waals surface area (Å²) in [6.07, 6.45) is 14.3. The van der Waals surface area contributed by atoms with Crippen LogP contribution in [0.4, 0.5) is 5.69 Å². The minimum atomic E-state index is 0.516. The van der Waals surface area contributed by atoms with Gasteiger partial charge in [0.05, 0.1) is 24.7 Å². The zero-order valence-electron chi connectivity index (χ0n) is 20.3. The van der Waals surface area contributed by atoms with E-state index in [0.717, 1.165) is 44.5 Å². The first-order valence-corrected chi connectivity index (χ1v) is 13.3. The lowest BCUT2D eigenvalue weighted by molar-refractivity contribution is 0.0494. The van der Waals surface area contributed by atoms with Gasteiger partial charge in [0, 0.05) is 37.8 Å². The van der Waals surface area contributed by atoms with Gasteiger partial charge < -0.3 is 19.3 Å². The molecule has 6 nitrogen and oxygen atoms in total. The smallest absolute Gasteiger partial charge is 0.122 e. The van der Waals surface area contributed by atoms with E-state index in [1.54, 1.807) is 6.33 Å². The number of hydrogen-bond donors (Lipinski definition) is 0. The Kier molecular flexibility index (Phi) is 6.44. The van der Waals surface area contributed by atoms with Crippen molar-refractivity contribution in [1.29, 1.82) is 0 Å². The molecule has 6 rings (SSSR count). The van der Waals surface area contributed by atoms with E-state index in [1.807, 2.05) is 12.4 Å². The van der Waals surface area contributed by atoms with Gasteiger partial charge in [-0.05, 0) is 81.5 Å². The molecule has 3 aliphatic heterocycles. The van der Waals surface area contributed by atoms with Crippen LogP contribution in [0.1, 0.15) is 56.4 Å². The molecule has 6 heteroatoms. The van der Waals surface area contributed by atoms with Crippen molar-refractivity contribution in [3.8, 4) is 5.75 Å². The van der Waals surface area contributed by atoms with Crippen LogP contribution in [0.15, 0.2) is 43.0 Å². The number of benzene rings is 1. The molecule has 1 aliphatic carbocycles. The molecule has 182 valence electrons. The van der Waals surface area contributed by atoms with E-state index in [0.29, 0.717) is 17.3 Å². The highest BCUT2D eigenvalue weighted by Gasteiger charge is 2.49. The van der Waals surface area contributed by atoms with Gasteiger partial charge in [-0.25, -0.2) is 9.97 Å². The van der Waals surface area contributed by atoms with Crippen molar-refractivity contribution < 1.29 is 9.47 Å². The molecule has 1 aromatic heterocycles. The van der Waals surface area contributed by atoms with E-state index >= 15 is 0 Å². The van der Waals surface area contributed by atoms with Gasteiger partial charge in [0.15, 0.2) is 0 Å². The summed E-state index contributed by atoms with van der Waals surface area (Å²) in [5.74, 6) is 2.37. The highest BCUT2D eigenvalue weighted by atomic mass is 16.5. The molecule has 4 aliphatic rings. The Balaban J connectivity index is 1.00. The predicted octanol–water partition coefficient (Wildman–Crippen LogP) is 4.52. The van der Waals surface area contributed by atoms with Crippen LogP contribution in [0.2, 0.25) is 0 Å². The lowest BCUT2D eigenvalue weighted by Gasteiger charge is -2.50. The van der Waals surface area contributed by atoms with Gasteiger partial charge in [-0.3, -0.25) is 0 Å². The maximum Gasteiger partial charge on any atom is 0.122 e. The highest BCUT2D eigenvalue weighted by Crippen LogP contribution is 2.49. The second-order valence-corrected chi connectivity index (χ2v) is 11.1. The molecule has 1 saturated carbocycles. The van der Waals surface area contributed by atoms with Gasteiger partial charge in [0.2, 0.25) is 0 Å². The number of piperidine rings is 1. The van der Waals surface area contributed by atoms with Gasteiger partial charge in [-0.1, -0.05) is 18.2 Å². The summed E-state index contributed by atoms with van der Waals surface area (Å²) >= 11 is 0. The number of aromatic nitrogens is 2. The first-order valence-electron chi connectivity index (χ1n) is 13.3. The molecule has 1 unspecified atom stereocenters. The van der Waals surface area contributed by atoms with Gasteiger partial charge in [0.1, 0.15) is 12.1 Å². The van der Waals surface area contributed by atoms with Crippen LogP contribution in [0.3, 0.4) is 0 Å². The van der Waals surface area contributed by atoms with Crippen LogP contribution in [-0.2, 0) is 4.74 Å². The maximum absolute atomic E-state index is 6.37. The van der Waals surface area contributed by atoms with Crippen molar-refractivity contribution in [2.24, 2.45) is 11.3 Å². The minimum absolute atomic E-state index is 0.516. The number of anilines is 1. The molecule has 4 heterocycles. The van der Waals surface area contributed by atoms with Crippen LogP contribution in [0.25, 0.3) is 0 Å². The molecule has 1 atom stereocenters. The first-order chi connectivity index (χ1) is 16.8. The van der Waals surface area contributed by atoms with Gasteiger partial charge in [-0.15, -0.1) is 0 Å². The second kappa shape index (κ2) is 9.82. The summed E-state index contributed by atoms with van der Waals surface area (Å²) in [6.45, 7) is 7.38. The fourth-order valence-electron chi connectivity index (χ4n) is 6.82. The molecule has 1 aromatic carbocycles. The summed E-state index contributed by atoms with van der Waals surface area (Å²) in [7, 11) is 0. The Hall–Kier alpha value is -2.18. The third-order valence-electron chi connectivity index (χ3n) is 8.86. The van der Waals surface area contributed by atoms with Crippen molar-refractivity contribution in [1.82, 2.24) is 14.9 Å². The van der Waals surface area contributed by atoms with Crippen molar-refractivity contribution in [3.63, 3.8) is 0 Å². The number of hydrogen-bond acceptors (Lipinski definition) is 6. The maximum atomic E-state index is 6.37. The first kappa shape index (κ1) is 22.3. The van der Waals surface area contributed by atoms with E-state index in [2.05, 4.69) is 44.0 Å². The van der Waals surface area contributed by atoms with Crippen LogP contribution in [-0.4, -0.2) is 66.9 Å². The van der Waals surface area contributed by atoms with Crippen LogP contribution < -0.4 is 9.64 Å². The normalized spacial score (nSPS) is 26.0. The summed E-state index contributed by atoms with van der Waals surface area (Å²) in [4.78, 5) is 13.6. The molecular formula is C28H38N4O2. The van der Waals surface area contributed by atoms with Crippen molar-refractivity contribution in [2.45, 2.75) is 56.9 Å². The summed E-state index contributed by atoms with van der Waals surface area (Å²) in [5.41, 5.74) is 3.12. The largest absolute Gasteiger partial charge is 0.493 e. The molecule has 3 saturated heterocycles. The molecule has 1 spiro atoms. The van der Waals surface area contributed by atoms with Gasteiger partial charge in [0.25, 0.3) is 0 Å². The third-order valence-corrected chi connectivity index (χ3v) is 8.86. The Morgan fingerprint density at radius 1 is 0.971 bits per heavy atom. The Morgan fingerprint density at radius 2 is 1.74 bits per heavy atom. The zero-order valence-corrected chi connectivity index (χ0v) is 20.3. The average Bonchev–Trinajstić information content (AvgIpc) is 3.34. The molecule has 0 bridgehead atoms. The number of para-hydroxylation sites is 1. The third kappa shape index (κ3) is 4.67. The predicted molar refractivity (Wildman–Crippen MR) is 133 cm³/mol. The number of ether oxygens (including phenoxy) is 2. The van der Waals surface area contributed by atoms with Crippen LogP contribution >= 0.6 is 0 Å². The molecule has 34 heavy (non-hydrogen) atoms. The van der Waals surface area contributed by atoms with E-state index < -0.39 is 0 Å². The van der Waals surface area contributed by atoms with E-state index in [-0.39, 0.29) is 0 Å². The molecule has 0 N–H and O–H groups in total. The minimum Gasteiger partial charge on any atom is -0.493 e. The number of nitrogens with zero attached hydrogens (tertiary/aromatic N) is 4. The summed E-state index contributed by atoms with van der Waals surface area (Å²) < 4.78 is 11.9. The quantitative estimate of drug-likeness (QED) is 0.629. The Bertz CT molecular complexity index is 934. The Morgan fingerprint density at radius 3 is 2.53 bits per heavy atom. The summed E-state index contributed by atoms with van der Waals surface area (Å²) in [6, 6.07) is 9.56. The monoisotopic (exact) mass is 462 g/mol. The van der Waals surface area contributed by atoms with Crippen molar-refractivity contribution in [3.05, 3.63) is 48.5 Å². The molecule has 2 aromatic rings. The van der Waals surface area contributed by atoms with Crippen molar-refractivity contribution >= 4 is 5.69 Å². The molecule has 4 fully saturated rings.